The number of rotatable bonds is 11. The Labute approximate surface area is 209 Å². The highest BCUT2D eigenvalue weighted by Crippen LogP contribution is 2.11. The number of carbonyl (C=O) groups is 3. The first-order valence-corrected chi connectivity index (χ1v) is 11.4. The maximum Gasteiger partial charge on any atom is 0.408 e. The van der Waals surface area contributed by atoms with E-state index < -0.39 is 30.1 Å². The zero-order valence-electron chi connectivity index (χ0n) is 20.2. The van der Waals surface area contributed by atoms with Crippen LogP contribution in [0.15, 0.2) is 79.0 Å². The van der Waals surface area contributed by atoms with E-state index in [0.717, 1.165) is 11.1 Å². The Balaban J connectivity index is 1.71. The van der Waals surface area contributed by atoms with E-state index in [9.17, 15) is 14.4 Å². The molecule has 2 aromatic carbocycles. The number of aromatic nitrogens is 1. The number of methoxy groups -OCH3 is 2. The third kappa shape index (κ3) is 8.12. The van der Waals surface area contributed by atoms with E-state index in [4.69, 9.17) is 14.2 Å². The van der Waals surface area contributed by atoms with Crippen molar-refractivity contribution in [3.8, 4) is 5.88 Å². The Morgan fingerprint density at radius 2 is 1.42 bits per heavy atom. The number of ether oxygens (including phenoxy) is 3. The van der Waals surface area contributed by atoms with E-state index in [1.54, 1.807) is 18.3 Å². The molecule has 188 valence electrons. The molecule has 3 aromatic rings. The Kier molecular flexibility index (Phi) is 9.81. The lowest BCUT2D eigenvalue weighted by atomic mass is 10.0. The number of carbonyl (C=O) groups excluding carboxylic acids is 3. The molecule has 2 amide bonds. The van der Waals surface area contributed by atoms with Crippen molar-refractivity contribution in [2.75, 3.05) is 14.2 Å². The number of nitrogens with one attached hydrogen (secondary N) is 2. The van der Waals surface area contributed by atoms with Gasteiger partial charge >= 0.3 is 12.1 Å². The van der Waals surface area contributed by atoms with E-state index >= 15 is 0 Å². The second kappa shape index (κ2) is 13.5. The fourth-order valence-corrected chi connectivity index (χ4v) is 3.46. The average Bonchev–Trinajstić information content (AvgIpc) is 2.92. The fourth-order valence-electron chi connectivity index (χ4n) is 3.46. The number of pyridine rings is 1. The predicted molar refractivity (Wildman–Crippen MR) is 132 cm³/mol. The molecule has 36 heavy (non-hydrogen) atoms. The van der Waals surface area contributed by atoms with E-state index in [2.05, 4.69) is 15.6 Å². The van der Waals surface area contributed by atoms with Crippen LogP contribution in [0.4, 0.5) is 4.79 Å². The van der Waals surface area contributed by atoms with Crippen molar-refractivity contribution in [1.29, 1.82) is 0 Å². The van der Waals surface area contributed by atoms with Crippen molar-refractivity contribution in [2.24, 2.45) is 0 Å². The largest absolute Gasteiger partial charge is 0.481 e. The molecule has 0 unspecified atom stereocenters. The van der Waals surface area contributed by atoms with E-state index in [1.807, 2.05) is 60.7 Å². The highest BCUT2D eigenvalue weighted by molar-refractivity contribution is 5.90. The van der Waals surface area contributed by atoms with Gasteiger partial charge in [-0.25, -0.2) is 14.6 Å². The summed E-state index contributed by atoms with van der Waals surface area (Å²) in [5.41, 5.74) is 2.34. The van der Waals surface area contributed by atoms with Crippen LogP contribution in [-0.2, 0) is 38.5 Å². The molecule has 2 N–H and O–H groups in total. The maximum atomic E-state index is 13.3. The van der Waals surface area contributed by atoms with Gasteiger partial charge in [0.05, 0.1) is 14.2 Å². The first-order valence-electron chi connectivity index (χ1n) is 11.4. The molecule has 1 heterocycles. The molecule has 0 aliphatic carbocycles. The fraction of sp³-hybridized carbons (Fsp3) is 0.259. The third-order valence-electron chi connectivity index (χ3n) is 5.35. The van der Waals surface area contributed by atoms with E-state index in [0.29, 0.717) is 11.4 Å². The summed E-state index contributed by atoms with van der Waals surface area (Å²) in [6, 6.07) is 19.9. The molecular weight excluding hydrogens is 462 g/mol. The lowest BCUT2D eigenvalue weighted by Crippen LogP contribution is -2.53. The third-order valence-corrected chi connectivity index (χ3v) is 5.35. The summed E-state index contributed by atoms with van der Waals surface area (Å²) in [6.45, 7) is 0.0571. The maximum absolute atomic E-state index is 13.3. The Morgan fingerprint density at radius 1 is 0.778 bits per heavy atom. The Morgan fingerprint density at radius 3 is 2.00 bits per heavy atom. The van der Waals surface area contributed by atoms with Gasteiger partial charge < -0.3 is 24.8 Å². The van der Waals surface area contributed by atoms with Gasteiger partial charge in [-0.15, -0.1) is 0 Å². The van der Waals surface area contributed by atoms with Crippen LogP contribution in [0, 0.1) is 0 Å². The Bertz CT molecular complexity index is 1120. The zero-order valence-corrected chi connectivity index (χ0v) is 20.2. The van der Waals surface area contributed by atoms with Crippen LogP contribution < -0.4 is 15.4 Å². The summed E-state index contributed by atoms with van der Waals surface area (Å²) in [6.07, 6.45) is 1.15. The molecule has 0 spiro atoms. The van der Waals surface area contributed by atoms with Crippen molar-refractivity contribution < 1.29 is 28.6 Å². The summed E-state index contributed by atoms with van der Waals surface area (Å²) in [7, 11) is 2.75. The molecule has 9 nitrogen and oxygen atoms in total. The van der Waals surface area contributed by atoms with E-state index in [1.165, 1.54) is 14.2 Å². The van der Waals surface area contributed by atoms with Crippen LogP contribution in [0.1, 0.15) is 16.7 Å². The minimum Gasteiger partial charge on any atom is -0.481 e. The molecule has 0 aliphatic rings. The average molecular weight is 492 g/mol. The number of nitrogens with zero attached hydrogens (tertiary/aromatic N) is 1. The SMILES string of the molecule is COC(=O)[C@@H](Cc1ccc(OC)nc1)NC(=O)[C@H](Cc1ccccc1)NC(=O)OCc1ccccc1. The second-order valence-electron chi connectivity index (χ2n) is 7.95. The summed E-state index contributed by atoms with van der Waals surface area (Å²) in [5, 5.41) is 5.32. The van der Waals surface area contributed by atoms with Crippen LogP contribution >= 0.6 is 0 Å². The molecule has 0 saturated carbocycles. The number of hydrogen-bond donors (Lipinski definition) is 2. The lowest BCUT2D eigenvalue weighted by Gasteiger charge is -2.22. The van der Waals surface area contributed by atoms with Gasteiger partial charge in [0.15, 0.2) is 0 Å². The first kappa shape index (κ1) is 26.2. The van der Waals surface area contributed by atoms with Crippen molar-refractivity contribution in [3.63, 3.8) is 0 Å². The number of esters is 1. The highest BCUT2D eigenvalue weighted by Gasteiger charge is 2.28. The van der Waals surface area contributed by atoms with Crippen molar-refractivity contribution in [3.05, 3.63) is 95.7 Å². The van der Waals surface area contributed by atoms with Gasteiger partial charge in [0.1, 0.15) is 18.7 Å². The van der Waals surface area contributed by atoms with Crippen molar-refractivity contribution >= 4 is 18.0 Å². The molecule has 0 saturated heterocycles. The van der Waals surface area contributed by atoms with Crippen molar-refractivity contribution in [1.82, 2.24) is 15.6 Å². The van der Waals surface area contributed by atoms with Gasteiger partial charge in [0.2, 0.25) is 11.8 Å². The monoisotopic (exact) mass is 491 g/mol. The standard InChI is InChI=1S/C27H29N3O6/c1-34-24-14-13-21(17-28-24)16-23(26(32)35-2)29-25(31)22(15-19-9-5-3-6-10-19)30-27(33)36-18-20-11-7-4-8-12-20/h3-14,17,22-23H,15-16,18H2,1-2H3,(H,29,31)(H,30,33)/t22-,23+/m0/s1. The number of benzene rings is 2. The molecule has 0 bridgehead atoms. The summed E-state index contributed by atoms with van der Waals surface area (Å²) in [5.74, 6) is -0.741. The van der Waals surface area contributed by atoms with Gasteiger partial charge in [0, 0.05) is 25.1 Å². The summed E-state index contributed by atoms with van der Waals surface area (Å²) < 4.78 is 15.2. The summed E-state index contributed by atoms with van der Waals surface area (Å²) >= 11 is 0. The van der Waals surface area contributed by atoms with Gasteiger partial charge in [0.25, 0.3) is 0 Å². The molecule has 0 aliphatic heterocycles. The molecule has 2 atom stereocenters. The van der Waals surface area contributed by atoms with Gasteiger partial charge in [-0.3, -0.25) is 4.79 Å². The topological polar surface area (TPSA) is 116 Å². The molecule has 3 rings (SSSR count). The highest BCUT2D eigenvalue weighted by atomic mass is 16.5. The second-order valence-corrected chi connectivity index (χ2v) is 7.95. The van der Waals surface area contributed by atoms with Crippen LogP contribution in [0.5, 0.6) is 5.88 Å². The van der Waals surface area contributed by atoms with Crippen LogP contribution in [0.2, 0.25) is 0 Å². The minimum absolute atomic E-state index is 0.0571. The summed E-state index contributed by atoms with van der Waals surface area (Å²) in [4.78, 5) is 42.4. The van der Waals surface area contributed by atoms with Gasteiger partial charge in [-0.2, -0.15) is 0 Å². The van der Waals surface area contributed by atoms with E-state index in [-0.39, 0.29) is 19.4 Å². The van der Waals surface area contributed by atoms with Gasteiger partial charge in [-0.05, 0) is 16.7 Å². The Hall–Kier alpha value is -4.40. The van der Waals surface area contributed by atoms with Crippen LogP contribution in [0.3, 0.4) is 0 Å². The smallest absolute Gasteiger partial charge is 0.408 e. The lowest BCUT2D eigenvalue weighted by molar-refractivity contribution is -0.145. The minimum atomic E-state index is -0.989. The van der Waals surface area contributed by atoms with Crippen LogP contribution in [-0.4, -0.2) is 49.3 Å². The quantitative estimate of drug-likeness (QED) is 0.396. The molecule has 1 aromatic heterocycles. The number of amides is 2. The predicted octanol–water partition coefficient (Wildman–Crippen LogP) is 2.83. The molecular formula is C27H29N3O6. The van der Waals surface area contributed by atoms with Gasteiger partial charge in [-0.1, -0.05) is 66.7 Å². The molecule has 0 fully saturated rings. The molecule has 0 radical (unpaired) electrons. The number of alkyl carbamates (subject to hydrolysis) is 1. The van der Waals surface area contributed by atoms with Crippen molar-refractivity contribution in [2.45, 2.75) is 31.5 Å². The zero-order chi connectivity index (χ0) is 25.8. The molecule has 9 heteroatoms. The first-order chi connectivity index (χ1) is 17.5. The van der Waals surface area contributed by atoms with Crippen LogP contribution in [0.25, 0.3) is 0 Å². The number of hydrogen-bond acceptors (Lipinski definition) is 7. The normalized spacial score (nSPS) is 12.1.